The second kappa shape index (κ2) is 10.1. The van der Waals surface area contributed by atoms with Gasteiger partial charge in [-0.25, -0.2) is 4.79 Å². The molecule has 6 nitrogen and oxygen atoms in total. The maximum Gasteiger partial charge on any atom is 0.329 e. The van der Waals surface area contributed by atoms with Gasteiger partial charge in [-0.15, -0.1) is 0 Å². The Bertz CT molecular complexity index is 723. The average Bonchev–Trinajstić information content (AvgIpc) is 2.66. The molecule has 0 fully saturated rings. The summed E-state index contributed by atoms with van der Waals surface area (Å²) in [6.07, 6.45) is -0.0123. The van der Waals surface area contributed by atoms with Gasteiger partial charge < -0.3 is 10.1 Å². The number of carbonyl (C=O) groups is 3. The van der Waals surface area contributed by atoms with E-state index in [1.165, 1.54) is 6.92 Å². The first kappa shape index (κ1) is 20.2. The molecule has 0 saturated carbocycles. The molecule has 0 heterocycles. The van der Waals surface area contributed by atoms with Crippen molar-refractivity contribution in [2.45, 2.75) is 38.3 Å². The summed E-state index contributed by atoms with van der Waals surface area (Å²) in [5.74, 6) is -1.62. The molecule has 0 spiro atoms. The summed E-state index contributed by atoms with van der Waals surface area (Å²) in [5.41, 5.74) is 8.61. The van der Waals surface area contributed by atoms with Gasteiger partial charge in [-0.05, 0) is 24.0 Å². The number of esters is 1. The summed E-state index contributed by atoms with van der Waals surface area (Å²) in [6.45, 7) is 1.32. The highest BCUT2D eigenvalue weighted by Crippen LogP contribution is 2.26. The summed E-state index contributed by atoms with van der Waals surface area (Å²) >= 11 is 0. The van der Waals surface area contributed by atoms with Gasteiger partial charge in [-0.2, -0.15) is 0 Å². The third-order valence-electron chi connectivity index (χ3n) is 4.00. The number of hydrogen-bond donors (Lipinski definition) is 1. The average molecular weight is 367 g/mol. The first-order valence-corrected chi connectivity index (χ1v) is 8.79. The first-order chi connectivity index (χ1) is 13.0. The molecule has 1 radical (unpaired) electrons. The van der Waals surface area contributed by atoms with Gasteiger partial charge in [0.15, 0.2) is 6.10 Å². The molecule has 1 unspecified atom stereocenters. The van der Waals surface area contributed by atoms with Crippen LogP contribution in [0.5, 0.6) is 0 Å². The van der Waals surface area contributed by atoms with Crippen LogP contribution in [0.4, 0.5) is 0 Å². The molecule has 2 aromatic rings. The van der Waals surface area contributed by atoms with Crippen LogP contribution in [0, 0.1) is 0 Å². The third-order valence-corrected chi connectivity index (χ3v) is 4.00. The van der Waals surface area contributed by atoms with Crippen LogP contribution in [0.1, 0.15) is 43.4 Å². The standard InChI is InChI=1S/C21H23N2O4/c1-15(24)23-18(13-8-14-19(22)25)21(26)27-20(16-9-4-2-5-10-16)17-11-6-3-7-12-17/h2-7,9-12,18,20,22H,8,13-14H2,1H3,(H,23,24). The van der Waals surface area contributed by atoms with Crippen molar-refractivity contribution in [3.8, 4) is 0 Å². The lowest BCUT2D eigenvalue weighted by atomic mass is 10.0. The molecule has 0 aromatic heterocycles. The van der Waals surface area contributed by atoms with E-state index in [0.717, 1.165) is 11.1 Å². The number of carbonyl (C=O) groups excluding carboxylic acids is 3. The largest absolute Gasteiger partial charge is 0.451 e. The number of hydrogen-bond acceptors (Lipinski definition) is 4. The molecule has 2 rings (SSSR count). The normalized spacial score (nSPS) is 11.6. The van der Waals surface area contributed by atoms with Crippen molar-refractivity contribution in [2.75, 3.05) is 0 Å². The van der Waals surface area contributed by atoms with Gasteiger partial charge in [0.2, 0.25) is 11.8 Å². The monoisotopic (exact) mass is 367 g/mol. The number of benzene rings is 2. The van der Waals surface area contributed by atoms with Gasteiger partial charge in [0.25, 0.3) is 0 Å². The lowest BCUT2D eigenvalue weighted by molar-refractivity contribution is -0.151. The Morgan fingerprint density at radius 3 is 1.93 bits per heavy atom. The van der Waals surface area contributed by atoms with E-state index >= 15 is 0 Å². The first-order valence-electron chi connectivity index (χ1n) is 8.79. The zero-order valence-electron chi connectivity index (χ0n) is 15.2. The van der Waals surface area contributed by atoms with Crippen molar-refractivity contribution in [1.82, 2.24) is 11.1 Å². The van der Waals surface area contributed by atoms with Gasteiger partial charge in [-0.3, -0.25) is 15.3 Å². The molecule has 6 heteroatoms. The number of amides is 2. The van der Waals surface area contributed by atoms with Gasteiger partial charge in [0.05, 0.1) is 0 Å². The number of rotatable bonds is 9. The summed E-state index contributed by atoms with van der Waals surface area (Å²) in [5, 5.41) is 2.58. The van der Waals surface area contributed by atoms with Crippen LogP contribution in [0.2, 0.25) is 0 Å². The molecule has 0 aliphatic heterocycles. The molecule has 2 amide bonds. The van der Waals surface area contributed by atoms with E-state index in [4.69, 9.17) is 10.5 Å². The Balaban J connectivity index is 2.19. The second-order valence-corrected chi connectivity index (χ2v) is 6.21. The van der Waals surface area contributed by atoms with Crippen molar-refractivity contribution in [3.63, 3.8) is 0 Å². The number of nitrogens with one attached hydrogen (secondary N) is 2. The topological polar surface area (TPSA) is 96.3 Å². The lowest BCUT2D eigenvalue weighted by Gasteiger charge is -2.23. The van der Waals surface area contributed by atoms with Crippen LogP contribution < -0.4 is 11.1 Å². The van der Waals surface area contributed by atoms with Crippen LogP contribution in [0.3, 0.4) is 0 Å². The fourth-order valence-corrected chi connectivity index (χ4v) is 2.74. The quantitative estimate of drug-likeness (QED) is 0.689. The molecule has 0 bridgehead atoms. The molecule has 27 heavy (non-hydrogen) atoms. The smallest absolute Gasteiger partial charge is 0.329 e. The molecule has 2 N–H and O–H groups in total. The number of ether oxygens (including phenoxy) is 1. The van der Waals surface area contributed by atoms with E-state index in [9.17, 15) is 14.4 Å². The van der Waals surface area contributed by atoms with Gasteiger partial charge in [0.1, 0.15) is 6.04 Å². The minimum atomic E-state index is -0.864. The van der Waals surface area contributed by atoms with Crippen molar-refractivity contribution in [1.29, 1.82) is 0 Å². The summed E-state index contributed by atoms with van der Waals surface area (Å²) in [6, 6.07) is 17.8. The fourth-order valence-electron chi connectivity index (χ4n) is 2.74. The second-order valence-electron chi connectivity index (χ2n) is 6.21. The maximum absolute atomic E-state index is 12.7. The molecular weight excluding hydrogens is 344 g/mol. The van der Waals surface area contributed by atoms with Crippen LogP contribution >= 0.6 is 0 Å². The van der Waals surface area contributed by atoms with Crippen molar-refractivity contribution < 1.29 is 19.1 Å². The minimum Gasteiger partial charge on any atom is -0.451 e. The molecule has 0 aliphatic rings. The van der Waals surface area contributed by atoms with Crippen molar-refractivity contribution >= 4 is 17.8 Å². The molecule has 1 atom stereocenters. The van der Waals surface area contributed by atoms with E-state index in [1.54, 1.807) is 0 Å². The van der Waals surface area contributed by atoms with E-state index < -0.39 is 24.0 Å². The molecular formula is C21H23N2O4. The van der Waals surface area contributed by atoms with Crippen LogP contribution in [-0.2, 0) is 19.1 Å². The molecule has 141 valence electrons. The van der Waals surface area contributed by atoms with E-state index in [2.05, 4.69) is 5.32 Å². The fraction of sp³-hybridized carbons (Fsp3) is 0.286. The predicted molar refractivity (Wildman–Crippen MR) is 100 cm³/mol. The Hall–Kier alpha value is -3.15. The highest BCUT2D eigenvalue weighted by Gasteiger charge is 2.26. The molecule has 0 saturated heterocycles. The lowest BCUT2D eigenvalue weighted by Crippen LogP contribution is -2.41. The minimum absolute atomic E-state index is 0.0319. The Morgan fingerprint density at radius 1 is 0.963 bits per heavy atom. The van der Waals surface area contributed by atoms with E-state index in [1.807, 2.05) is 60.7 Å². The highest BCUT2D eigenvalue weighted by molar-refractivity contribution is 5.83. The SMILES string of the molecule is CC(=O)NC(CCCC([NH])=O)C(=O)OC(c1ccccc1)c1ccccc1. The summed E-state index contributed by atoms with van der Waals surface area (Å²) in [7, 11) is 0. The van der Waals surface area contributed by atoms with Crippen LogP contribution in [0.25, 0.3) is 0 Å². The van der Waals surface area contributed by atoms with Crippen LogP contribution in [0.15, 0.2) is 60.7 Å². The van der Waals surface area contributed by atoms with Gasteiger partial charge in [0, 0.05) is 13.3 Å². The van der Waals surface area contributed by atoms with Gasteiger partial charge in [-0.1, -0.05) is 60.7 Å². The van der Waals surface area contributed by atoms with Gasteiger partial charge >= 0.3 is 5.97 Å². The zero-order chi connectivity index (χ0) is 19.6. The zero-order valence-corrected chi connectivity index (χ0v) is 15.2. The molecule has 2 aromatic carbocycles. The third kappa shape index (κ3) is 6.58. The Morgan fingerprint density at radius 2 is 1.48 bits per heavy atom. The molecule has 0 aliphatic carbocycles. The summed E-state index contributed by atoms with van der Waals surface area (Å²) < 4.78 is 5.76. The highest BCUT2D eigenvalue weighted by atomic mass is 16.5. The van der Waals surface area contributed by atoms with Crippen LogP contribution in [-0.4, -0.2) is 23.8 Å². The van der Waals surface area contributed by atoms with E-state index in [0.29, 0.717) is 6.42 Å². The maximum atomic E-state index is 12.7. The Kier molecular flexibility index (Phi) is 7.55. The van der Waals surface area contributed by atoms with E-state index in [-0.39, 0.29) is 18.7 Å². The predicted octanol–water partition coefficient (Wildman–Crippen LogP) is 2.80. The summed E-state index contributed by atoms with van der Waals surface area (Å²) in [4.78, 5) is 35.0. The van der Waals surface area contributed by atoms with Crippen molar-refractivity contribution in [2.24, 2.45) is 0 Å². The van der Waals surface area contributed by atoms with Crippen molar-refractivity contribution in [3.05, 3.63) is 71.8 Å². The Labute approximate surface area is 158 Å².